The second-order valence-electron chi connectivity index (χ2n) is 4.83. The van der Waals surface area contributed by atoms with Crippen LogP contribution in [0.25, 0.3) is 0 Å². The van der Waals surface area contributed by atoms with Crippen molar-refractivity contribution in [1.29, 1.82) is 0 Å². The lowest BCUT2D eigenvalue weighted by Gasteiger charge is -2.23. The lowest BCUT2D eigenvalue weighted by molar-refractivity contribution is -0.306. The van der Waals surface area contributed by atoms with Crippen molar-refractivity contribution in [2.45, 2.75) is 25.9 Å². The molecule has 2 N–H and O–H groups in total. The quantitative estimate of drug-likeness (QED) is 0.813. The number of allylic oxidation sites excluding steroid dienone is 3. The van der Waals surface area contributed by atoms with Gasteiger partial charge in [0.05, 0.1) is 0 Å². The van der Waals surface area contributed by atoms with E-state index >= 15 is 0 Å². The first-order valence-corrected chi connectivity index (χ1v) is 7.33. The Morgan fingerprint density at radius 3 is 2.81 bits per heavy atom. The fourth-order valence-electron chi connectivity index (χ4n) is 2.08. The molecule has 1 aromatic rings. The monoisotopic (exact) mass is 319 g/mol. The largest absolute Gasteiger partial charge is 0.572 e. The van der Waals surface area contributed by atoms with Crippen molar-refractivity contribution in [3.05, 3.63) is 45.9 Å². The predicted molar refractivity (Wildman–Crippen MR) is 74.4 cm³/mol. The molecule has 0 radical (unpaired) electrons. The summed E-state index contributed by atoms with van der Waals surface area (Å²) in [4.78, 5) is 0.802. The Morgan fingerprint density at radius 2 is 2.24 bits per heavy atom. The van der Waals surface area contributed by atoms with Crippen molar-refractivity contribution in [2.24, 2.45) is 5.92 Å². The molecule has 1 unspecified atom stereocenters. The molecule has 7 heteroatoms. The first-order valence-electron chi connectivity index (χ1n) is 6.45. The normalized spacial score (nSPS) is 20.7. The predicted octanol–water partition coefficient (Wildman–Crippen LogP) is 3.72. The van der Waals surface area contributed by atoms with Gasteiger partial charge in [-0.05, 0) is 23.4 Å². The van der Waals surface area contributed by atoms with Gasteiger partial charge in [0.15, 0.2) is 0 Å². The highest BCUT2D eigenvalue weighted by Crippen LogP contribution is 2.30. The molecule has 1 aliphatic rings. The maximum absolute atomic E-state index is 12.1. The zero-order chi connectivity index (χ0) is 15.5. The molecule has 0 spiro atoms. The Labute approximate surface area is 124 Å². The van der Waals surface area contributed by atoms with E-state index < -0.39 is 12.6 Å². The molecule has 0 aromatic carbocycles. The van der Waals surface area contributed by atoms with Gasteiger partial charge in [-0.1, -0.05) is 24.6 Å². The summed E-state index contributed by atoms with van der Waals surface area (Å²) in [6, 6.07) is 3.66. The first-order chi connectivity index (χ1) is 9.85. The molecular weight excluding hydrogens is 303 g/mol. The molecule has 3 nitrogen and oxygen atoms in total. The number of rotatable bonds is 5. The molecule has 2 rings (SSSR count). The Bertz CT molecular complexity index is 523. The minimum Gasteiger partial charge on any atom is -0.410 e. The van der Waals surface area contributed by atoms with E-state index in [4.69, 9.17) is 0 Å². The number of halogens is 3. The van der Waals surface area contributed by atoms with Crippen LogP contribution in [0.3, 0.4) is 0 Å². The van der Waals surface area contributed by atoms with Crippen LogP contribution < -0.4 is 5.32 Å². The molecule has 1 heterocycles. The van der Waals surface area contributed by atoms with Crippen LogP contribution in [0.1, 0.15) is 24.4 Å². The van der Waals surface area contributed by atoms with Crippen LogP contribution >= 0.6 is 11.3 Å². The molecule has 116 valence electrons. The molecule has 0 saturated carbocycles. The molecular formula is C14H16F3NO2S. The summed E-state index contributed by atoms with van der Waals surface area (Å²) >= 11 is 1.44. The van der Waals surface area contributed by atoms with Crippen molar-refractivity contribution < 1.29 is 23.0 Å². The molecule has 0 saturated heterocycles. The Morgan fingerprint density at radius 1 is 1.48 bits per heavy atom. The maximum atomic E-state index is 12.1. The topological polar surface area (TPSA) is 41.5 Å². The van der Waals surface area contributed by atoms with Gasteiger partial charge in [0.1, 0.15) is 12.0 Å². The van der Waals surface area contributed by atoms with Crippen molar-refractivity contribution in [3.8, 4) is 0 Å². The van der Waals surface area contributed by atoms with Crippen LogP contribution in [-0.2, 0) is 4.74 Å². The van der Waals surface area contributed by atoms with Gasteiger partial charge in [0.25, 0.3) is 0 Å². The summed E-state index contributed by atoms with van der Waals surface area (Å²) in [6.45, 7) is 2.24. The number of thiophene rings is 1. The van der Waals surface area contributed by atoms with Crippen LogP contribution in [0.5, 0.6) is 0 Å². The van der Waals surface area contributed by atoms with Gasteiger partial charge in [-0.15, -0.1) is 24.5 Å². The van der Waals surface area contributed by atoms with E-state index in [2.05, 4.69) is 10.1 Å². The summed E-state index contributed by atoms with van der Waals surface area (Å²) in [5.74, 6) is -0.159. The highest BCUT2D eigenvalue weighted by Gasteiger charge is 2.33. The average molecular weight is 319 g/mol. The van der Waals surface area contributed by atoms with Crippen molar-refractivity contribution >= 4 is 11.3 Å². The standard InChI is InChI=1S/C14H16F3NO2S/c1-9-7-11(20-14(15,16)17)5-4-10(9)8-18-13(19)12-3-2-6-21-12/h2-6,9,13,18-19H,7-8H2,1H3/t9-,13?/m0/s1. The zero-order valence-electron chi connectivity index (χ0n) is 11.4. The van der Waals surface area contributed by atoms with Gasteiger partial charge in [-0.3, -0.25) is 5.32 Å². The van der Waals surface area contributed by atoms with E-state index in [1.54, 1.807) is 6.08 Å². The molecule has 1 aromatic heterocycles. The fraction of sp³-hybridized carbons (Fsp3) is 0.429. The van der Waals surface area contributed by atoms with Gasteiger partial charge in [-0.25, -0.2) is 0 Å². The summed E-state index contributed by atoms with van der Waals surface area (Å²) in [5, 5.41) is 14.7. The second kappa shape index (κ2) is 6.64. The number of hydrogen-bond acceptors (Lipinski definition) is 4. The van der Waals surface area contributed by atoms with E-state index in [0.29, 0.717) is 6.54 Å². The van der Waals surface area contributed by atoms with Crippen molar-refractivity contribution in [3.63, 3.8) is 0 Å². The molecule has 0 aliphatic heterocycles. The highest BCUT2D eigenvalue weighted by molar-refractivity contribution is 7.10. The van der Waals surface area contributed by atoms with E-state index in [1.165, 1.54) is 17.4 Å². The van der Waals surface area contributed by atoms with Crippen LogP contribution in [0, 0.1) is 5.92 Å². The first kappa shape index (κ1) is 16.1. The lowest BCUT2D eigenvalue weighted by Crippen LogP contribution is -2.26. The molecule has 2 atom stereocenters. The number of alkyl halides is 3. The summed E-state index contributed by atoms with van der Waals surface area (Å²) in [5.41, 5.74) is 0.931. The second-order valence-corrected chi connectivity index (χ2v) is 5.81. The molecule has 21 heavy (non-hydrogen) atoms. The highest BCUT2D eigenvalue weighted by atomic mass is 32.1. The van der Waals surface area contributed by atoms with E-state index in [-0.39, 0.29) is 18.1 Å². The van der Waals surface area contributed by atoms with Crippen molar-refractivity contribution in [1.82, 2.24) is 5.32 Å². The smallest absolute Gasteiger partial charge is 0.410 e. The van der Waals surface area contributed by atoms with Gasteiger partial charge >= 0.3 is 6.36 Å². The molecule has 0 fully saturated rings. The summed E-state index contributed by atoms with van der Waals surface area (Å²) < 4.78 is 40.4. The van der Waals surface area contributed by atoms with Gasteiger partial charge < -0.3 is 9.84 Å². The summed E-state index contributed by atoms with van der Waals surface area (Å²) in [7, 11) is 0. The van der Waals surface area contributed by atoms with E-state index in [0.717, 1.165) is 10.5 Å². The van der Waals surface area contributed by atoms with Gasteiger partial charge in [0, 0.05) is 17.8 Å². The summed E-state index contributed by atoms with van der Waals surface area (Å²) in [6.07, 6.45) is -2.27. The van der Waals surface area contributed by atoms with Crippen LogP contribution in [-0.4, -0.2) is 18.0 Å². The molecule has 0 bridgehead atoms. The van der Waals surface area contributed by atoms with Crippen molar-refractivity contribution in [2.75, 3.05) is 6.54 Å². The Balaban J connectivity index is 1.91. The number of ether oxygens (including phenoxy) is 1. The third-order valence-electron chi connectivity index (χ3n) is 3.18. The van der Waals surface area contributed by atoms with E-state index in [9.17, 15) is 18.3 Å². The van der Waals surface area contributed by atoms with Crippen LogP contribution in [0.2, 0.25) is 0 Å². The maximum Gasteiger partial charge on any atom is 0.572 e. The molecule has 0 amide bonds. The minimum atomic E-state index is -4.65. The molecule has 1 aliphatic carbocycles. The average Bonchev–Trinajstić information content (AvgIpc) is 2.89. The number of aliphatic hydroxyl groups excluding tert-OH is 1. The minimum absolute atomic E-state index is 0.0737. The van der Waals surface area contributed by atoms with Crippen LogP contribution in [0.4, 0.5) is 13.2 Å². The SMILES string of the molecule is C[C@H]1CC(OC(F)(F)F)=CC=C1CNC(O)c1cccs1. The van der Waals surface area contributed by atoms with Gasteiger partial charge in [-0.2, -0.15) is 0 Å². The van der Waals surface area contributed by atoms with Gasteiger partial charge in [0.2, 0.25) is 0 Å². The van der Waals surface area contributed by atoms with E-state index in [1.807, 2.05) is 24.4 Å². The van der Waals surface area contributed by atoms with Crippen LogP contribution in [0.15, 0.2) is 41.0 Å². The Kier molecular flexibility index (Phi) is 5.08. The zero-order valence-corrected chi connectivity index (χ0v) is 12.2. The number of nitrogens with one attached hydrogen (secondary N) is 1. The lowest BCUT2D eigenvalue weighted by atomic mass is 9.92. The third kappa shape index (κ3) is 4.87. The Hall–Kier alpha value is -1.31. The number of hydrogen-bond donors (Lipinski definition) is 2. The fourth-order valence-corrected chi connectivity index (χ4v) is 2.77. The number of aliphatic hydroxyl groups is 1. The third-order valence-corrected chi connectivity index (χ3v) is 4.11.